The molecule has 1 aromatic carbocycles. The average Bonchev–Trinajstić information content (AvgIpc) is 2.34. The molecule has 100 valence electrons. The van der Waals surface area contributed by atoms with Gasteiger partial charge in [0.25, 0.3) is 0 Å². The summed E-state index contributed by atoms with van der Waals surface area (Å²) in [6, 6.07) is 5.11. The quantitative estimate of drug-likeness (QED) is 0.848. The van der Waals surface area contributed by atoms with Crippen LogP contribution in [0.4, 0.5) is 5.69 Å². The molecule has 1 unspecified atom stereocenters. The molecule has 1 aromatic rings. The molecule has 18 heavy (non-hydrogen) atoms. The second-order valence-electron chi connectivity index (χ2n) is 4.00. The molecule has 6 heteroatoms. The third-order valence-corrected chi connectivity index (χ3v) is 4.17. The van der Waals surface area contributed by atoms with Crippen LogP contribution in [0, 0.1) is 5.92 Å². The topological polar surface area (TPSA) is 55.1 Å². The summed E-state index contributed by atoms with van der Waals surface area (Å²) in [5.74, 6) is 1.53. The first-order valence-corrected chi connectivity index (χ1v) is 7.47. The molecule has 0 heterocycles. The van der Waals surface area contributed by atoms with Crippen molar-refractivity contribution in [2.75, 3.05) is 23.4 Å². The van der Waals surface area contributed by atoms with Gasteiger partial charge in [-0.25, -0.2) is 0 Å². The summed E-state index contributed by atoms with van der Waals surface area (Å²) in [4.78, 5) is 11.7. The number of halogens is 2. The Morgan fingerprint density at radius 2 is 2.06 bits per heavy atom. The lowest BCUT2D eigenvalue weighted by Crippen LogP contribution is -2.17. The lowest BCUT2D eigenvalue weighted by atomic mass is 10.2. The van der Waals surface area contributed by atoms with Gasteiger partial charge in [-0.1, -0.05) is 36.2 Å². The van der Waals surface area contributed by atoms with E-state index in [-0.39, 0.29) is 5.91 Å². The van der Waals surface area contributed by atoms with Crippen LogP contribution in [-0.4, -0.2) is 24.0 Å². The van der Waals surface area contributed by atoms with E-state index >= 15 is 0 Å². The first kappa shape index (κ1) is 15.6. The summed E-state index contributed by atoms with van der Waals surface area (Å²) < 4.78 is 0. The largest absolute Gasteiger partial charge is 0.330 e. The summed E-state index contributed by atoms with van der Waals surface area (Å²) in [5, 5.41) is 3.60. The van der Waals surface area contributed by atoms with Crippen molar-refractivity contribution in [2.45, 2.75) is 6.92 Å². The number of para-hydroxylation sites is 1. The van der Waals surface area contributed by atoms with Gasteiger partial charge in [0.2, 0.25) is 5.91 Å². The Balaban J connectivity index is 2.45. The van der Waals surface area contributed by atoms with E-state index < -0.39 is 0 Å². The van der Waals surface area contributed by atoms with E-state index in [0.717, 1.165) is 5.75 Å². The van der Waals surface area contributed by atoms with Crippen LogP contribution >= 0.6 is 35.0 Å². The molecule has 1 amide bonds. The number of rotatable bonds is 6. The normalized spacial score (nSPS) is 12.2. The van der Waals surface area contributed by atoms with Gasteiger partial charge in [0.1, 0.15) is 0 Å². The SMILES string of the molecule is CC(CN)CSCC(=O)Nc1c(Cl)cccc1Cl. The third-order valence-electron chi connectivity index (χ3n) is 2.27. The molecule has 0 saturated heterocycles. The number of hydrogen-bond donors (Lipinski definition) is 2. The van der Waals surface area contributed by atoms with Crippen LogP contribution < -0.4 is 11.1 Å². The van der Waals surface area contributed by atoms with Crippen molar-refractivity contribution in [1.29, 1.82) is 0 Å². The summed E-state index contributed by atoms with van der Waals surface area (Å²) in [6.45, 7) is 2.68. The molecule has 1 rings (SSSR count). The highest BCUT2D eigenvalue weighted by atomic mass is 35.5. The predicted molar refractivity (Wildman–Crippen MR) is 80.6 cm³/mol. The van der Waals surface area contributed by atoms with Crippen molar-refractivity contribution in [3.8, 4) is 0 Å². The number of anilines is 1. The van der Waals surface area contributed by atoms with Crippen LogP contribution in [0.2, 0.25) is 10.0 Å². The standard InChI is InChI=1S/C12H16Cl2N2OS/c1-8(5-15)6-18-7-11(17)16-12-9(13)3-2-4-10(12)14/h2-4,8H,5-7,15H2,1H3,(H,16,17). The fourth-order valence-corrected chi connectivity index (χ4v) is 2.62. The Labute approximate surface area is 121 Å². The van der Waals surface area contributed by atoms with Gasteiger partial charge in [-0.05, 0) is 30.3 Å². The molecule has 0 spiro atoms. The van der Waals surface area contributed by atoms with Gasteiger partial charge in [0.05, 0.1) is 21.5 Å². The fourth-order valence-electron chi connectivity index (χ4n) is 1.21. The Morgan fingerprint density at radius 3 is 2.61 bits per heavy atom. The van der Waals surface area contributed by atoms with Gasteiger partial charge in [-0.15, -0.1) is 0 Å². The van der Waals surface area contributed by atoms with E-state index in [1.807, 2.05) is 0 Å². The minimum atomic E-state index is -0.112. The van der Waals surface area contributed by atoms with Gasteiger partial charge in [-0.3, -0.25) is 4.79 Å². The maximum Gasteiger partial charge on any atom is 0.234 e. The summed E-state index contributed by atoms with van der Waals surface area (Å²) >= 11 is 13.5. The first-order chi connectivity index (χ1) is 8.54. The monoisotopic (exact) mass is 306 g/mol. The van der Waals surface area contributed by atoms with E-state index in [0.29, 0.717) is 33.9 Å². The number of thioether (sulfide) groups is 1. The van der Waals surface area contributed by atoms with Crippen LogP contribution in [0.5, 0.6) is 0 Å². The number of nitrogens with one attached hydrogen (secondary N) is 1. The van der Waals surface area contributed by atoms with Crippen molar-refractivity contribution in [3.63, 3.8) is 0 Å². The molecule has 0 aliphatic rings. The fraction of sp³-hybridized carbons (Fsp3) is 0.417. The highest BCUT2D eigenvalue weighted by molar-refractivity contribution is 7.99. The Hall–Kier alpha value is -0.420. The van der Waals surface area contributed by atoms with Crippen LogP contribution in [0.3, 0.4) is 0 Å². The zero-order chi connectivity index (χ0) is 13.5. The highest BCUT2D eigenvalue weighted by Crippen LogP contribution is 2.29. The maximum absolute atomic E-state index is 11.7. The maximum atomic E-state index is 11.7. The van der Waals surface area contributed by atoms with E-state index in [1.165, 1.54) is 0 Å². The predicted octanol–water partition coefficient (Wildman–Crippen LogP) is 3.26. The summed E-state index contributed by atoms with van der Waals surface area (Å²) in [5.41, 5.74) is 5.97. The molecule has 0 fully saturated rings. The minimum Gasteiger partial charge on any atom is -0.330 e. The van der Waals surface area contributed by atoms with Gasteiger partial charge < -0.3 is 11.1 Å². The second kappa shape index (κ2) is 7.89. The van der Waals surface area contributed by atoms with Crippen molar-refractivity contribution >= 4 is 46.6 Å². The van der Waals surface area contributed by atoms with E-state index in [2.05, 4.69) is 12.2 Å². The number of hydrogen-bond acceptors (Lipinski definition) is 3. The Kier molecular flexibility index (Phi) is 6.86. The number of carbonyl (C=O) groups is 1. The molecule has 0 saturated carbocycles. The van der Waals surface area contributed by atoms with E-state index in [1.54, 1.807) is 30.0 Å². The van der Waals surface area contributed by atoms with Gasteiger partial charge in [-0.2, -0.15) is 11.8 Å². The van der Waals surface area contributed by atoms with Crippen LogP contribution in [-0.2, 0) is 4.79 Å². The third kappa shape index (κ3) is 5.06. The molecule has 3 N–H and O–H groups in total. The lowest BCUT2D eigenvalue weighted by molar-refractivity contribution is -0.113. The highest BCUT2D eigenvalue weighted by Gasteiger charge is 2.10. The Bertz CT molecular complexity index is 395. The zero-order valence-corrected chi connectivity index (χ0v) is 12.4. The van der Waals surface area contributed by atoms with Crippen molar-refractivity contribution in [3.05, 3.63) is 28.2 Å². The molecule has 3 nitrogen and oxygen atoms in total. The van der Waals surface area contributed by atoms with Crippen molar-refractivity contribution < 1.29 is 4.79 Å². The summed E-state index contributed by atoms with van der Waals surface area (Å²) in [7, 11) is 0. The number of nitrogens with two attached hydrogens (primary N) is 1. The molecule has 0 aliphatic carbocycles. The van der Waals surface area contributed by atoms with Crippen molar-refractivity contribution in [1.82, 2.24) is 0 Å². The minimum absolute atomic E-state index is 0.112. The van der Waals surface area contributed by atoms with Crippen LogP contribution in [0.15, 0.2) is 18.2 Å². The average molecular weight is 307 g/mol. The molecular formula is C12H16Cl2N2OS. The van der Waals surface area contributed by atoms with E-state index in [9.17, 15) is 4.79 Å². The number of amides is 1. The van der Waals surface area contributed by atoms with Crippen molar-refractivity contribution in [2.24, 2.45) is 11.7 Å². The molecule has 0 radical (unpaired) electrons. The van der Waals surface area contributed by atoms with Gasteiger partial charge >= 0.3 is 0 Å². The molecule has 0 aliphatic heterocycles. The molecule has 0 aromatic heterocycles. The second-order valence-corrected chi connectivity index (χ2v) is 5.85. The Morgan fingerprint density at radius 1 is 1.44 bits per heavy atom. The first-order valence-electron chi connectivity index (χ1n) is 5.56. The number of benzene rings is 1. The lowest BCUT2D eigenvalue weighted by Gasteiger charge is -2.10. The molecular weight excluding hydrogens is 291 g/mol. The smallest absolute Gasteiger partial charge is 0.234 e. The number of carbonyl (C=O) groups excluding carboxylic acids is 1. The van der Waals surface area contributed by atoms with E-state index in [4.69, 9.17) is 28.9 Å². The zero-order valence-electron chi connectivity index (χ0n) is 10.1. The summed E-state index contributed by atoms with van der Waals surface area (Å²) in [6.07, 6.45) is 0. The van der Waals surface area contributed by atoms with Gasteiger partial charge in [0, 0.05) is 0 Å². The molecule has 1 atom stereocenters. The molecule has 0 bridgehead atoms. The van der Waals surface area contributed by atoms with Gasteiger partial charge in [0.15, 0.2) is 0 Å². The van der Waals surface area contributed by atoms with Crippen LogP contribution in [0.25, 0.3) is 0 Å². The van der Waals surface area contributed by atoms with Crippen LogP contribution in [0.1, 0.15) is 6.92 Å².